The van der Waals surface area contributed by atoms with Crippen molar-refractivity contribution in [2.75, 3.05) is 6.54 Å². The van der Waals surface area contributed by atoms with E-state index in [1.165, 1.54) is 43.4 Å². The third-order valence-corrected chi connectivity index (χ3v) is 5.69. The van der Waals surface area contributed by atoms with Crippen molar-refractivity contribution in [3.8, 4) is 0 Å². The van der Waals surface area contributed by atoms with Crippen LogP contribution >= 0.6 is 11.3 Å². The molecule has 1 fully saturated rings. The number of aryl methyl sites for hydroxylation is 1. The highest BCUT2D eigenvalue weighted by Crippen LogP contribution is 2.27. The first-order valence-corrected chi connectivity index (χ1v) is 9.75. The van der Waals surface area contributed by atoms with Crippen molar-refractivity contribution in [2.45, 2.75) is 58.3 Å². The Morgan fingerprint density at radius 3 is 2.96 bits per heavy atom. The number of carbonyl (C=O) groups is 1. The van der Waals surface area contributed by atoms with E-state index in [4.69, 9.17) is 0 Å². The van der Waals surface area contributed by atoms with Gasteiger partial charge >= 0.3 is 0 Å². The highest BCUT2D eigenvalue weighted by molar-refractivity contribution is 7.15. The van der Waals surface area contributed by atoms with Crippen LogP contribution in [-0.4, -0.2) is 21.8 Å². The van der Waals surface area contributed by atoms with Crippen molar-refractivity contribution in [3.63, 3.8) is 0 Å². The zero-order valence-electron chi connectivity index (χ0n) is 14.2. The van der Waals surface area contributed by atoms with Gasteiger partial charge in [0.1, 0.15) is 0 Å². The fourth-order valence-corrected chi connectivity index (χ4v) is 4.46. The van der Waals surface area contributed by atoms with Gasteiger partial charge in [0, 0.05) is 42.2 Å². The molecule has 1 aliphatic carbocycles. The number of hydrogen-bond donors (Lipinski definition) is 1. The summed E-state index contributed by atoms with van der Waals surface area (Å²) in [7, 11) is 0. The fraction of sp³-hybridized carbons (Fsp3) is 0.611. The van der Waals surface area contributed by atoms with Crippen LogP contribution in [0.15, 0.2) is 16.2 Å². The largest absolute Gasteiger partial charge is 0.356 e. The maximum Gasteiger partial charge on any atom is 0.258 e. The molecule has 24 heavy (non-hydrogen) atoms. The number of amides is 1. The molecular weight excluding hydrogens is 322 g/mol. The number of hydrogen-bond acceptors (Lipinski definition) is 4. The molecule has 130 valence electrons. The van der Waals surface area contributed by atoms with Crippen molar-refractivity contribution in [1.82, 2.24) is 14.7 Å². The number of carbonyl (C=O) groups excluding carboxylic acids is 1. The fourth-order valence-electron chi connectivity index (χ4n) is 3.49. The topological polar surface area (TPSA) is 63.5 Å². The van der Waals surface area contributed by atoms with E-state index in [0.29, 0.717) is 19.4 Å². The first kappa shape index (κ1) is 17.1. The zero-order chi connectivity index (χ0) is 16.9. The van der Waals surface area contributed by atoms with Gasteiger partial charge in [-0.2, -0.15) is 0 Å². The number of aromatic nitrogens is 2. The normalized spacial score (nSPS) is 15.7. The summed E-state index contributed by atoms with van der Waals surface area (Å²) < 4.78 is 1.64. The first-order valence-electron chi connectivity index (χ1n) is 8.87. The molecule has 5 nitrogen and oxygen atoms in total. The summed E-state index contributed by atoms with van der Waals surface area (Å²) in [5, 5.41) is 4.94. The molecule has 1 amide bonds. The molecule has 0 bridgehead atoms. The summed E-state index contributed by atoms with van der Waals surface area (Å²) in [6.45, 7) is 2.39. The van der Waals surface area contributed by atoms with Crippen LogP contribution in [-0.2, 0) is 11.2 Å². The maximum atomic E-state index is 12.1. The molecule has 2 heterocycles. The number of thiazole rings is 1. The molecule has 0 unspecified atom stereocenters. The number of rotatable bonds is 6. The van der Waals surface area contributed by atoms with E-state index in [9.17, 15) is 9.59 Å². The molecule has 2 aromatic heterocycles. The molecule has 0 aromatic carbocycles. The number of nitrogens with zero attached hydrogens (tertiary/aromatic N) is 2. The molecule has 1 saturated carbocycles. The predicted octanol–water partition coefficient (Wildman–Crippen LogP) is 3.08. The van der Waals surface area contributed by atoms with Gasteiger partial charge in [-0.15, -0.1) is 11.3 Å². The molecule has 0 saturated heterocycles. The van der Waals surface area contributed by atoms with Gasteiger partial charge in [-0.1, -0.05) is 32.1 Å². The predicted molar refractivity (Wildman–Crippen MR) is 96.6 cm³/mol. The van der Waals surface area contributed by atoms with E-state index in [2.05, 4.69) is 10.3 Å². The van der Waals surface area contributed by atoms with E-state index in [1.807, 2.05) is 12.3 Å². The molecule has 1 aliphatic rings. The Morgan fingerprint density at radius 2 is 2.17 bits per heavy atom. The average molecular weight is 347 g/mol. The molecule has 0 atom stereocenters. The lowest BCUT2D eigenvalue weighted by molar-refractivity contribution is -0.121. The average Bonchev–Trinajstić information content (AvgIpc) is 2.97. The van der Waals surface area contributed by atoms with Crippen LogP contribution in [0.25, 0.3) is 4.96 Å². The summed E-state index contributed by atoms with van der Waals surface area (Å²) in [4.78, 5) is 29.2. The number of nitrogens with one attached hydrogen (secondary N) is 1. The summed E-state index contributed by atoms with van der Waals surface area (Å²) in [5.74, 6) is 0.861. The van der Waals surface area contributed by atoms with Crippen molar-refractivity contribution in [1.29, 1.82) is 0 Å². The molecule has 0 aliphatic heterocycles. The first-order chi connectivity index (χ1) is 11.6. The van der Waals surface area contributed by atoms with Gasteiger partial charge in [0.25, 0.3) is 5.56 Å². The van der Waals surface area contributed by atoms with Gasteiger partial charge in [0.05, 0.1) is 0 Å². The van der Waals surface area contributed by atoms with Gasteiger partial charge in [0.2, 0.25) is 5.91 Å². The summed E-state index contributed by atoms with van der Waals surface area (Å²) in [5.41, 5.74) is 1.61. The lowest BCUT2D eigenvalue weighted by Crippen LogP contribution is -2.27. The number of fused-ring (bicyclic) bond motifs is 1. The monoisotopic (exact) mass is 347 g/mol. The molecular formula is C18H25N3O2S. The van der Waals surface area contributed by atoms with Gasteiger partial charge in [-0.25, -0.2) is 4.98 Å². The van der Waals surface area contributed by atoms with Gasteiger partial charge in [-0.3, -0.25) is 14.0 Å². The van der Waals surface area contributed by atoms with Crippen molar-refractivity contribution in [2.24, 2.45) is 5.92 Å². The Kier molecular flexibility index (Phi) is 5.66. The Bertz CT molecular complexity index is 759. The van der Waals surface area contributed by atoms with Gasteiger partial charge in [-0.05, 0) is 19.3 Å². The maximum absolute atomic E-state index is 12.1. The minimum absolute atomic E-state index is 0.0441. The molecule has 6 heteroatoms. The van der Waals surface area contributed by atoms with Crippen LogP contribution in [0.2, 0.25) is 0 Å². The van der Waals surface area contributed by atoms with Crippen LogP contribution in [0.4, 0.5) is 0 Å². The van der Waals surface area contributed by atoms with Crippen molar-refractivity contribution < 1.29 is 4.79 Å². The Hall–Kier alpha value is -1.69. The Morgan fingerprint density at radius 1 is 1.38 bits per heavy atom. The Balaban J connectivity index is 1.48. The lowest BCUT2D eigenvalue weighted by atomic mass is 9.86. The van der Waals surface area contributed by atoms with E-state index < -0.39 is 0 Å². The van der Waals surface area contributed by atoms with Gasteiger partial charge < -0.3 is 5.32 Å². The van der Waals surface area contributed by atoms with Crippen molar-refractivity contribution in [3.05, 3.63) is 33.2 Å². The van der Waals surface area contributed by atoms with E-state index in [0.717, 1.165) is 28.7 Å². The molecule has 0 radical (unpaired) electrons. The minimum Gasteiger partial charge on any atom is -0.356 e. The second kappa shape index (κ2) is 7.92. The highest BCUT2D eigenvalue weighted by atomic mass is 32.1. The molecule has 3 rings (SSSR count). The molecule has 1 N–H and O–H groups in total. The zero-order valence-corrected chi connectivity index (χ0v) is 15.0. The summed E-state index contributed by atoms with van der Waals surface area (Å²) >= 11 is 1.47. The van der Waals surface area contributed by atoms with Crippen LogP contribution in [0, 0.1) is 12.8 Å². The smallest absolute Gasteiger partial charge is 0.258 e. The summed E-state index contributed by atoms with van der Waals surface area (Å²) in [6, 6.07) is 1.55. The van der Waals surface area contributed by atoms with Crippen LogP contribution < -0.4 is 10.9 Å². The van der Waals surface area contributed by atoms with Crippen LogP contribution in [0.5, 0.6) is 0 Å². The second-order valence-corrected chi connectivity index (χ2v) is 7.56. The van der Waals surface area contributed by atoms with Crippen LogP contribution in [0.1, 0.15) is 56.3 Å². The van der Waals surface area contributed by atoms with E-state index in [-0.39, 0.29) is 11.5 Å². The third-order valence-electron chi connectivity index (χ3n) is 4.81. The minimum atomic E-state index is -0.0441. The third kappa shape index (κ3) is 4.23. The van der Waals surface area contributed by atoms with Gasteiger partial charge in [0.15, 0.2) is 4.96 Å². The molecule has 2 aromatic rings. The van der Waals surface area contributed by atoms with Crippen molar-refractivity contribution >= 4 is 22.2 Å². The Labute approximate surface area is 146 Å². The summed E-state index contributed by atoms with van der Waals surface area (Å²) in [6.07, 6.45) is 8.84. The van der Waals surface area contributed by atoms with E-state index >= 15 is 0 Å². The van der Waals surface area contributed by atoms with E-state index in [1.54, 1.807) is 10.5 Å². The SMILES string of the molecule is Cc1cc(=O)n2c(CCNC(=O)CCC3CCCCC3)csc2n1. The molecule has 0 spiro atoms. The highest BCUT2D eigenvalue weighted by Gasteiger charge is 2.15. The second-order valence-electron chi connectivity index (χ2n) is 6.72. The lowest BCUT2D eigenvalue weighted by Gasteiger charge is -2.20. The standard InChI is InChI=1S/C18H25N3O2S/c1-13-11-17(23)21-15(12-24-18(21)20-13)9-10-19-16(22)8-7-14-5-3-2-4-6-14/h11-12,14H,2-10H2,1H3,(H,19,22). The quantitative estimate of drug-likeness (QED) is 0.873. The van der Waals surface area contributed by atoms with Crippen LogP contribution in [0.3, 0.4) is 0 Å².